The van der Waals surface area contributed by atoms with Gasteiger partial charge in [-0.25, -0.2) is 4.79 Å². The van der Waals surface area contributed by atoms with Gasteiger partial charge in [-0.15, -0.1) is 0 Å². The predicted molar refractivity (Wildman–Crippen MR) is 92.8 cm³/mol. The lowest BCUT2D eigenvalue weighted by molar-refractivity contribution is 0.530. The van der Waals surface area contributed by atoms with E-state index in [0.717, 1.165) is 34.5 Å². The first-order valence-corrected chi connectivity index (χ1v) is 7.73. The SMILES string of the molecule is Cc1cc(C2CNc3c4ccccc4nc(=O)n3C2)ccc1N. The Labute approximate surface area is 133 Å². The molecule has 1 unspecified atom stereocenters. The van der Waals surface area contributed by atoms with E-state index in [9.17, 15) is 4.79 Å². The van der Waals surface area contributed by atoms with Crippen molar-refractivity contribution >= 4 is 22.4 Å². The molecule has 2 aromatic carbocycles. The van der Waals surface area contributed by atoms with Gasteiger partial charge in [-0.2, -0.15) is 4.98 Å². The average molecular weight is 306 g/mol. The van der Waals surface area contributed by atoms with Gasteiger partial charge in [0.05, 0.1) is 5.52 Å². The summed E-state index contributed by atoms with van der Waals surface area (Å²) in [6.07, 6.45) is 0. The van der Waals surface area contributed by atoms with E-state index in [1.165, 1.54) is 5.56 Å². The molecule has 23 heavy (non-hydrogen) atoms. The number of aryl methyl sites for hydroxylation is 1. The van der Waals surface area contributed by atoms with Crippen LogP contribution >= 0.6 is 0 Å². The number of benzene rings is 2. The van der Waals surface area contributed by atoms with Crippen molar-refractivity contribution in [3.8, 4) is 0 Å². The maximum Gasteiger partial charge on any atom is 0.349 e. The van der Waals surface area contributed by atoms with E-state index in [1.807, 2.05) is 43.3 Å². The molecule has 0 fully saturated rings. The second-order valence-corrected chi connectivity index (χ2v) is 6.06. The summed E-state index contributed by atoms with van der Waals surface area (Å²) in [6, 6.07) is 13.8. The number of hydrogen-bond acceptors (Lipinski definition) is 4. The van der Waals surface area contributed by atoms with Crippen molar-refractivity contribution in [1.82, 2.24) is 9.55 Å². The first-order chi connectivity index (χ1) is 11.1. The molecule has 0 radical (unpaired) electrons. The number of anilines is 2. The number of aromatic nitrogens is 2. The number of para-hydroxylation sites is 1. The molecular weight excluding hydrogens is 288 g/mol. The van der Waals surface area contributed by atoms with Gasteiger partial charge >= 0.3 is 5.69 Å². The maximum atomic E-state index is 12.4. The highest BCUT2D eigenvalue weighted by Crippen LogP contribution is 2.29. The Bertz CT molecular complexity index is 961. The van der Waals surface area contributed by atoms with Crippen LogP contribution in [0.1, 0.15) is 17.0 Å². The zero-order valence-electron chi connectivity index (χ0n) is 12.9. The average Bonchev–Trinajstić information content (AvgIpc) is 2.57. The van der Waals surface area contributed by atoms with E-state index in [4.69, 9.17) is 5.73 Å². The molecule has 4 rings (SSSR count). The molecule has 5 nitrogen and oxygen atoms in total. The van der Waals surface area contributed by atoms with E-state index >= 15 is 0 Å². The van der Waals surface area contributed by atoms with Crippen molar-refractivity contribution in [2.45, 2.75) is 19.4 Å². The molecule has 1 aliphatic heterocycles. The number of hydrogen-bond donors (Lipinski definition) is 2. The topological polar surface area (TPSA) is 72.9 Å². The second kappa shape index (κ2) is 5.12. The molecule has 0 bridgehead atoms. The summed E-state index contributed by atoms with van der Waals surface area (Å²) in [6.45, 7) is 3.42. The number of fused-ring (bicyclic) bond motifs is 3. The molecule has 2 heterocycles. The van der Waals surface area contributed by atoms with Gasteiger partial charge in [-0.05, 0) is 36.2 Å². The quantitative estimate of drug-likeness (QED) is 0.678. The van der Waals surface area contributed by atoms with Gasteiger partial charge in [-0.1, -0.05) is 24.3 Å². The van der Waals surface area contributed by atoms with E-state index in [2.05, 4.69) is 16.4 Å². The van der Waals surface area contributed by atoms with Crippen molar-refractivity contribution < 1.29 is 0 Å². The highest BCUT2D eigenvalue weighted by Gasteiger charge is 2.23. The molecule has 0 saturated heterocycles. The number of nitrogen functional groups attached to an aromatic ring is 1. The summed E-state index contributed by atoms with van der Waals surface area (Å²) in [7, 11) is 0. The zero-order valence-corrected chi connectivity index (χ0v) is 12.9. The molecule has 0 spiro atoms. The van der Waals surface area contributed by atoms with Crippen molar-refractivity contribution in [2.75, 3.05) is 17.6 Å². The van der Waals surface area contributed by atoms with Crippen LogP contribution in [0, 0.1) is 6.92 Å². The molecule has 0 saturated carbocycles. The molecule has 116 valence electrons. The lowest BCUT2D eigenvalue weighted by Gasteiger charge is -2.28. The van der Waals surface area contributed by atoms with E-state index in [-0.39, 0.29) is 11.6 Å². The summed E-state index contributed by atoms with van der Waals surface area (Å²) in [5.74, 6) is 1.09. The minimum atomic E-state index is -0.205. The van der Waals surface area contributed by atoms with E-state index in [0.29, 0.717) is 6.54 Å². The Balaban J connectivity index is 1.79. The third kappa shape index (κ3) is 2.25. The molecule has 5 heteroatoms. The highest BCUT2D eigenvalue weighted by molar-refractivity contribution is 5.89. The summed E-state index contributed by atoms with van der Waals surface area (Å²) in [5.41, 5.74) is 9.48. The number of nitrogens with one attached hydrogen (secondary N) is 1. The van der Waals surface area contributed by atoms with Gasteiger partial charge in [0, 0.05) is 30.1 Å². The summed E-state index contributed by atoms with van der Waals surface area (Å²) < 4.78 is 1.74. The molecule has 3 N–H and O–H groups in total. The lowest BCUT2D eigenvalue weighted by atomic mass is 9.95. The summed E-state index contributed by atoms with van der Waals surface area (Å²) >= 11 is 0. The second-order valence-electron chi connectivity index (χ2n) is 6.06. The number of rotatable bonds is 1. The Hall–Kier alpha value is -2.82. The molecule has 3 aromatic rings. The van der Waals surface area contributed by atoms with Gasteiger partial charge in [0.2, 0.25) is 0 Å². The fraction of sp³-hybridized carbons (Fsp3) is 0.222. The predicted octanol–water partition coefficient (Wildman–Crippen LogP) is 2.50. The van der Waals surface area contributed by atoms with Crippen LogP contribution in [0.2, 0.25) is 0 Å². The normalized spacial score (nSPS) is 16.8. The Kier molecular flexibility index (Phi) is 3.08. The largest absolute Gasteiger partial charge is 0.399 e. The van der Waals surface area contributed by atoms with Gasteiger partial charge in [0.25, 0.3) is 0 Å². The standard InChI is InChI=1S/C18H18N4O/c1-11-8-12(6-7-15(11)19)13-9-20-17-14-4-2-3-5-16(14)21-18(23)22(17)10-13/h2-8,13,20H,9-10,19H2,1H3. The van der Waals surface area contributed by atoms with Crippen LogP contribution in [-0.4, -0.2) is 16.1 Å². The van der Waals surface area contributed by atoms with Crippen LogP contribution in [0.5, 0.6) is 0 Å². The third-order valence-corrected chi connectivity index (χ3v) is 4.56. The van der Waals surface area contributed by atoms with Crippen LogP contribution in [0.15, 0.2) is 47.3 Å². The summed E-state index contributed by atoms with van der Waals surface area (Å²) in [5, 5.41) is 4.41. The Morgan fingerprint density at radius 2 is 2.09 bits per heavy atom. The molecule has 1 aromatic heterocycles. The highest BCUT2D eigenvalue weighted by atomic mass is 16.1. The molecule has 0 amide bonds. The molecule has 0 aliphatic carbocycles. The van der Waals surface area contributed by atoms with E-state index in [1.54, 1.807) is 4.57 Å². The van der Waals surface area contributed by atoms with Gasteiger partial charge in [-0.3, -0.25) is 4.57 Å². The fourth-order valence-corrected chi connectivity index (χ4v) is 3.22. The van der Waals surface area contributed by atoms with Crippen LogP contribution in [0.4, 0.5) is 11.5 Å². The van der Waals surface area contributed by atoms with Crippen molar-refractivity contribution in [3.63, 3.8) is 0 Å². The van der Waals surface area contributed by atoms with E-state index < -0.39 is 0 Å². The van der Waals surface area contributed by atoms with Gasteiger partial charge in [0.15, 0.2) is 0 Å². The molecule has 1 atom stereocenters. The number of nitrogens with two attached hydrogens (primary N) is 1. The zero-order chi connectivity index (χ0) is 16.0. The summed E-state index contributed by atoms with van der Waals surface area (Å²) in [4.78, 5) is 16.6. The number of nitrogens with zero attached hydrogens (tertiary/aromatic N) is 2. The Morgan fingerprint density at radius 3 is 2.91 bits per heavy atom. The van der Waals surface area contributed by atoms with Crippen LogP contribution in [0.3, 0.4) is 0 Å². The van der Waals surface area contributed by atoms with Crippen LogP contribution in [-0.2, 0) is 6.54 Å². The minimum absolute atomic E-state index is 0.205. The van der Waals surface area contributed by atoms with Gasteiger partial charge < -0.3 is 11.1 Å². The first kappa shape index (κ1) is 13.8. The monoisotopic (exact) mass is 306 g/mol. The Morgan fingerprint density at radius 1 is 1.26 bits per heavy atom. The van der Waals surface area contributed by atoms with Gasteiger partial charge in [0.1, 0.15) is 5.82 Å². The minimum Gasteiger partial charge on any atom is -0.399 e. The van der Waals surface area contributed by atoms with Crippen molar-refractivity contribution in [3.05, 3.63) is 64.1 Å². The maximum absolute atomic E-state index is 12.4. The fourth-order valence-electron chi connectivity index (χ4n) is 3.22. The van der Waals surface area contributed by atoms with Crippen molar-refractivity contribution in [2.24, 2.45) is 0 Å². The van der Waals surface area contributed by atoms with Crippen LogP contribution in [0.25, 0.3) is 10.9 Å². The molecule has 1 aliphatic rings. The third-order valence-electron chi connectivity index (χ3n) is 4.56. The smallest absolute Gasteiger partial charge is 0.349 e. The molecular formula is C18H18N4O. The lowest BCUT2D eigenvalue weighted by Crippen LogP contribution is -2.35. The van der Waals surface area contributed by atoms with Crippen molar-refractivity contribution in [1.29, 1.82) is 0 Å². The first-order valence-electron chi connectivity index (χ1n) is 7.73. The van der Waals surface area contributed by atoms with Crippen LogP contribution < -0.4 is 16.7 Å².